The molecule has 1 nitrogen and oxygen atoms in total. The minimum absolute atomic E-state index is 0.304. The molecule has 1 unspecified atom stereocenters. The molecular weight excluding hydrogens is 246 g/mol. The Labute approximate surface area is 90.8 Å². The van der Waals surface area contributed by atoms with Crippen LogP contribution in [0.25, 0.3) is 0 Å². The molecule has 1 aromatic heterocycles. The van der Waals surface area contributed by atoms with E-state index in [4.69, 9.17) is 5.73 Å². The minimum Gasteiger partial charge on any atom is -0.324 e. The number of allylic oxidation sites excluding steroid dienone is 1. The van der Waals surface area contributed by atoms with Crippen molar-refractivity contribution in [2.24, 2.45) is 5.73 Å². The van der Waals surface area contributed by atoms with Gasteiger partial charge in [0.25, 0.3) is 0 Å². The average molecular weight is 258 g/mol. The zero-order valence-electron chi connectivity index (χ0n) is 7.29. The van der Waals surface area contributed by atoms with Crippen LogP contribution >= 0.6 is 27.3 Å². The van der Waals surface area contributed by atoms with E-state index >= 15 is 0 Å². The number of nitrogens with two attached hydrogens (primary N) is 1. The molecule has 3 heteroatoms. The largest absolute Gasteiger partial charge is 0.324 e. The van der Waals surface area contributed by atoms with E-state index in [0.29, 0.717) is 6.04 Å². The molecule has 1 aliphatic rings. The van der Waals surface area contributed by atoms with Gasteiger partial charge in [0.05, 0.1) is 0 Å². The molecule has 0 bridgehead atoms. The predicted molar refractivity (Wildman–Crippen MR) is 61.0 cm³/mol. The third kappa shape index (κ3) is 2.42. The zero-order valence-corrected chi connectivity index (χ0v) is 9.70. The Balaban J connectivity index is 2.02. The number of thiophene rings is 1. The molecule has 1 aromatic rings. The van der Waals surface area contributed by atoms with Crippen LogP contribution in [-0.4, -0.2) is 6.04 Å². The van der Waals surface area contributed by atoms with Gasteiger partial charge < -0.3 is 5.73 Å². The second kappa shape index (κ2) is 3.95. The first-order chi connectivity index (χ1) is 6.24. The van der Waals surface area contributed by atoms with Gasteiger partial charge in [-0.2, -0.15) is 0 Å². The van der Waals surface area contributed by atoms with Crippen molar-refractivity contribution in [1.29, 1.82) is 0 Å². The highest BCUT2D eigenvalue weighted by molar-refractivity contribution is 9.10. The molecule has 1 atom stereocenters. The standard InChI is InChI=1S/C10H12BrNS/c11-8-5-10(13-6-8)4-7-1-2-9(12)3-7/h3,5-6,9H,1-2,4,12H2. The maximum absolute atomic E-state index is 5.80. The molecule has 0 saturated heterocycles. The maximum atomic E-state index is 5.80. The summed E-state index contributed by atoms with van der Waals surface area (Å²) in [5, 5.41) is 2.13. The summed E-state index contributed by atoms with van der Waals surface area (Å²) in [5.41, 5.74) is 7.30. The Bertz CT molecular complexity index is 329. The van der Waals surface area contributed by atoms with E-state index in [-0.39, 0.29) is 0 Å². The second-order valence-corrected chi connectivity index (χ2v) is 5.35. The number of halogens is 1. The van der Waals surface area contributed by atoms with Gasteiger partial charge in [-0.3, -0.25) is 0 Å². The van der Waals surface area contributed by atoms with E-state index in [9.17, 15) is 0 Å². The first-order valence-electron chi connectivity index (χ1n) is 4.42. The molecule has 0 saturated carbocycles. The normalized spacial score (nSPS) is 22.0. The molecule has 1 aliphatic carbocycles. The highest BCUT2D eigenvalue weighted by Crippen LogP contribution is 2.26. The summed E-state index contributed by atoms with van der Waals surface area (Å²) < 4.78 is 1.19. The van der Waals surface area contributed by atoms with Crippen molar-refractivity contribution < 1.29 is 0 Å². The van der Waals surface area contributed by atoms with Crippen molar-refractivity contribution in [3.05, 3.63) is 32.4 Å². The molecule has 0 radical (unpaired) electrons. The lowest BCUT2D eigenvalue weighted by atomic mass is 10.1. The number of hydrogen-bond donors (Lipinski definition) is 1. The van der Waals surface area contributed by atoms with E-state index < -0.39 is 0 Å². The van der Waals surface area contributed by atoms with Crippen LogP contribution in [0.15, 0.2) is 27.6 Å². The van der Waals surface area contributed by atoms with Crippen LogP contribution in [0, 0.1) is 0 Å². The molecule has 0 aromatic carbocycles. The van der Waals surface area contributed by atoms with E-state index in [0.717, 1.165) is 12.8 Å². The fourth-order valence-corrected chi connectivity index (χ4v) is 3.14. The van der Waals surface area contributed by atoms with Gasteiger partial charge in [-0.15, -0.1) is 11.3 Å². The summed E-state index contributed by atoms with van der Waals surface area (Å²) in [6.07, 6.45) is 5.61. The maximum Gasteiger partial charge on any atom is 0.0285 e. The van der Waals surface area contributed by atoms with Crippen LogP contribution in [0.5, 0.6) is 0 Å². The quantitative estimate of drug-likeness (QED) is 0.810. The Morgan fingerprint density at radius 1 is 1.62 bits per heavy atom. The van der Waals surface area contributed by atoms with Gasteiger partial charge in [0.15, 0.2) is 0 Å². The molecular formula is C10H12BrNS. The minimum atomic E-state index is 0.304. The van der Waals surface area contributed by atoms with Gasteiger partial charge in [0.1, 0.15) is 0 Å². The van der Waals surface area contributed by atoms with Gasteiger partial charge >= 0.3 is 0 Å². The van der Waals surface area contributed by atoms with E-state index in [1.807, 2.05) is 11.3 Å². The SMILES string of the molecule is NC1C=C(Cc2cc(Br)cs2)CC1. The molecule has 0 aliphatic heterocycles. The Hall–Kier alpha value is -0.120. The molecule has 0 amide bonds. The Morgan fingerprint density at radius 2 is 2.46 bits per heavy atom. The van der Waals surface area contributed by atoms with E-state index in [2.05, 4.69) is 33.5 Å². The molecule has 2 rings (SSSR count). The van der Waals surface area contributed by atoms with Gasteiger partial charge in [-0.05, 0) is 34.8 Å². The summed E-state index contributed by atoms with van der Waals surface area (Å²) in [6, 6.07) is 2.49. The summed E-state index contributed by atoms with van der Waals surface area (Å²) in [7, 11) is 0. The van der Waals surface area contributed by atoms with Gasteiger partial charge in [0, 0.05) is 27.2 Å². The van der Waals surface area contributed by atoms with Crippen molar-refractivity contribution in [3.8, 4) is 0 Å². The monoisotopic (exact) mass is 257 g/mol. The lowest BCUT2D eigenvalue weighted by Crippen LogP contribution is -2.11. The molecule has 13 heavy (non-hydrogen) atoms. The second-order valence-electron chi connectivity index (χ2n) is 3.44. The van der Waals surface area contributed by atoms with Crippen molar-refractivity contribution in [2.75, 3.05) is 0 Å². The van der Waals surface area contributed by atoms with Crippen molar-refractivity contribution in [1.82, 2.24) is 0 Å². The predicted octanol–water partition coefficient (Wildman–Crippen LogP) is 3.10. The van der Waals surface area contributed by atoms with Crippen molar-refractivity contribution in [3.63, 3.8) is 0 Å². The summed E-state index contributed by atoms with van der Waals surface area (Å²) in [6.45, 7) is 0. The summed E-state index contributed by atoms with van der Waals surface area (Å²) in [5.74, 6) is 0. The van der Waals surface area contributed by atoms with E-state index in [1.165, 1.54) is 21.3 Å². The molecule has 0 fully saturated rings. The van der Waals surface area contributed by atoms with Gasteiger partial charge in [-0.1, -0.05) is 11.6 Å². The van der Waals surface area contributed by atoms with Crippen molar-refractivity contribution >= 4 is 27.3 Å². The van der Waals surface area contributed by atoms with E-state index in [1.54, 1.807) is 0 Å². The van der Waals surface area contributed by atoms with Gasteiger partial charge in [0.2, 0.25) is 0 Å². The third-order valence-corrected chi connectivity index (χ3v) is 3.97. The van der Waals surface area contributed by atoms with Crippen LogP contribution in [0.1, 0.15) is 17.7 Å². The van der Waals surface area contributed by atoms with Crippen LogP contribution < -0.4 is 5.73 Å². The zero-order chi connectivity index (χ0) is 9.26. The molecule has 2 N–H and O–H groups in total. The van der Waals surface area contributed by atoms with Crippen LogP contribution in [-0.2, 0) is 6.42 Å². The third-order valence-electron chi connectivity index (χ3n) is 2.27. The molecule has 0 spiro atoms. The number of rotatable bonds is 2. The highest BCUT2D eigenvalue weighted by atomic mass is 79.9. The lowest BCUT2D eigenvalue weighted by molar-refractivity contribution is 0.770. The number of hydrogen-bond acceptors (Lipinski definition) is 2. The summed E-state index contributed by atoms with van der Waals surface area (Å²) >= 11 is 5.27. The average Bonchev–Trinajstić information content (AvgIpc) is 2.62. The topological polar surface area (TPSA) is 26.0 Å². The molecule has 1 heterocycles. The first-order valence-corrected chi connectivity index (χ1v) is 6.09. The van der Waals surface area contributed by atoms with Crippen LogP contribution in [0.2, 0.25) is 0 Å². The Morgan fingerprint density at radius 3 is 3.00 bits per heavy atom. The highest BCUT2D eigenvalue weighted by Gasteiger charge is 2.12. The van der Waals surface area contributed by atoms with Crippen molar-refractivity contribution in [2.45, 2.75) is 25.3 Å². The fourth-order valence-electron chi connectivity index (χ4n) is 1.64. The van der Waals surface area contributed by atoms with Crippen LogP contribution in [0.3, 0.4) is 0 Å². The first kappa shape index (κ1) is 9.44. The fraction of sp³-hybridized carbons (Fsp3) is 0.400. The van der Waals surface area contributed by atoms with Gasteiger partial charge in [-0.25, -0.2) is 0 Å². The molecule has 70 valence electrons. The Kier molecular flexibility index (Phi) is 2.86. The van der Waals surface area contributed by atoms with Crippen LogP contribution in [0.4, 0.5) is 0 Å². The lowest BCUT2D eigenvalue weighted by Gasteiger charge is -1.96. The summed E-state index contributed by atoms with van der Waals surface area (Å²) in [4.78, 5) is 1.42. The smallest absolute Gasteiger partial charge is 0.0285 e.